The van der Waals surface area contributed by atoms with E-state index in [1.807, 2.05) is 159 Å². The van der Waals surface area contributed by atoms with Crippen LogP contribution in [0, 0.1) is 13.8 Å². The maximum atomic E-state index is 13.9. The fraction of sp³-hybridized carbons (Fsp3) is 0.0833. The van der Waals surface area contributed by atoms with Gasteiger partial charge in [-0.15, -0.1) is 0 Å². The number of aryl methyl sites for hydroxylation is 2. The van der Waals surface area contributed by atoms with Gasteiger partial charge in [0.1, 0.15) is 11.5 Å². The number of carbonyl (C=O) groups excluding carboxylic acids is 2. The Hall–Kier alpha value is -7.32. The Balaban J connectivity index is 1.06. The minimum absolute atomic E-state index is 0.280. The van der Waals surface area contributed by atoms with E-state index < -0.39 is 0 Å². The molecular formula is C48H38N4O4. The van der Waals surface area contributed by atoms with Crippen LogP contribution in [0.15, 0.2) is 146 Å². The number of rotatable bonds is 9. The first-order chi connectivity index (χ1) is 27.3. The third-order valence-electron chi connectivity index (χ3n) is 9.85. The Labute approximate surface area is 324 Å². The average molecular weight is 735 g/mol. The summed E-state index contributed by atoms with van der Waals surface area (Å²) in [5.41, 5.74) is 10.7. The summed E-state index contributed by atoms with van der Waals surface area (Å²) in [6.07, 6.45) is 0. The van der Waals surface area contributed by atoms with Crippen molar-refractivity contribution in [2.75, 3.05) is 24.9 Å². The molecule has 0 radical (unpaired) electrons. The van der Waals surface area contributed by atoms with Crippen molar-refractivity contribution in [2.24, 2.45) is 0 Å². The van der Waals surface area contributed by atoms with E-state index in [2.05, 4.69) is 10.6 Å². The average Bonchev–Trinajstić information content (AvgIpc) is 3.23. The largest absolute Gasteiger partial charge is 0.495 e. The molecule has 0 spiro atoms. The number of hydrogen-bond acceptors (Lipinski definition) is 6. The molecule has 2 amide bonds. The molecule has 8 nitrogen and oxygen atoms in total. The second-order valence-corrected chi connectivity index (χ2v) is 13.6. The third kappa shape index (κ3) is 7.15. The molecule has 0 atom stereocenters. The van der Waals surface area contributed by atoms with E-state index >= 15 is 0 Å². The molecule has 8 heteroatoms. The summed E-state index contributed by atoms with van der Waals surface area (Å²) in [5, 5.41) is 7.63. The van der Waals surface area contributed by atoms with Crippen molar-refractivity contribution in [1.29, 1.82) is 0 Å². The van der Waals surface area contributed by atoms with E-state index in [9.17, 15) is 9.59 Å². The molecule has 0 aliphatic heterocycles. The summed E-state index contributed by atoms with van der Waals surface area (Å²) in [7, 11) is 3.14. The number of para-hydroxylation sites is 2. The molecule has 56 heavy (non-hydrogen) atoms. The molecule has 8 rings (SSSR count). The molecule has 2 N–H and O–H groups in total. The molecule has 0 aliphatic carbocycles. The van der Waals surface area contributed by atoms with Crippen LogP contribution in [0.3, 0.4) is 0 Å². The number of anilines is 2. The van der Waals surface area contributed by atoms with Crippen LogP contribution in [0.25, 0.3) is 55.4 Å². The van der Waals surface area contributed by atoms with E-state index in [-0.39, 0.29) is 11.8 Å². The van der Waals surface area contributed by atoms with E-state index in [0.29, 0.717) is 45.4 Å². The molecular weight excluding hydrogens is 697 g/mol. The number of fused-ring (bicyclic) bond motifs is 2. The standard InChI is InChI=1S/C48H38N4O4/c1-29-13-17-31(18-14-29)43-27-37(35-9-5-7-11-39(35)49-43)47(53)51-41-23-21-33(25-45(41)55-3)34-22-24-42(46(26-34)56-4)52-48(54)38-28-44(32-19-15-30(2)16-20-32)50-40-12-8-6-10-36(38)40/h5-28H,1-4H3,(H,51,53)(H,52,54). The van der Waals surface area contributed by atoms with E-state index in [1.165, 1.54) is 0 Å². The van der Waals surface area contributed by atoms with Gasteiger partial charge in [-0.25, -0.2) is 9.97 Å². The van der Waals surface area contributed by atoms with Gasteiger partial charge >= 0.3 is 0 Å². The summed E-state index contributed by atoms with van der Waals surface area (Å²) in [5.74, 6) is 0.409. The van der Waals surface area contributed by atoms with Crippen LogP contribution in [0.5, 0.6) is 11.5 Å². The fourth-order valence-corrected chi connectivity index (χ4v) is 6.80. The quantitative estimate of drug-likeness (QED) is 0.153. The van der Waals surface area contributed by atoms with Gasteiger partial charge in [0.2, 0.25) is 0 Å². The maximum Gasteiger partial charge on any atom is 0.256 e. The first kappa shape index (κ1) is 35.7. The van der Waals surface area contributed by atoms with Crippen molar-refractivity contribution in [3.8, 4) is 45.1 Å². The molecule has 0 fully saturated rings. The van der Waals surface area contributed by atoms with Crippen molar-refractivity contribution in [3.63, 3.8) is 0 Å². The van der Waals surface area contributed by atoms with Crippen LogP contribution in [0.4, 0.5) is 11.4 Å². The first-order valence-electron chi connectivity index (χ1n) is 18.2. The van der Waals surface area contributed by atoms with Gasteiger partial charge in [0.15, 0.2) is 0 Å². The Morgan fingerprint density at radius 3 is 1.23 bits per heavy atom. The predicted octanol–water partition coefficient (Wildman–Crippen LogP) is 10.9. The number of methoxy groups -OCH3 is 2. The van der Waals surface area contributed by atoms with Crippen molar-refractivity contribution < 1.29 is 19.1 Å². The van der Waals surface area contributed by atoms with Gasteiger partial charge in [-0.3, -0.25) is 9.59 Å². The number of aromatic nitrogens is 2. The summed E-state index contributed by atoms with van der Waals surface area (Å²) in [6.45, 7) is 4.07. The molecule has 0 bridgehead atoms. The second kappa shape index (κ2) is 15.2. The van der Waals surface area contributed by atoms with Crippen LogP contribution < -0.4 is 20.1 Å². The summed E-state index contributed by atoms with van der Waals surface area (Å²) in [4.78, 5) is 37.5. The highest BCUT2D eigenvalue weighted by Gasteiger charge is 2.19. The number of hydrogen-bond donors (Lipinski definition) is 2. The number of nitrogens with zero attached hydrogens (tertiary/aromatic N) is 2. The van der Waals surface area contributed by atoms with Gasteiger partial charge < -0.3 is 20.1 Å². The van der Waals surface area contributed by atoms with Gasteiger partial charge in [-0.1, -0.05) is 108 Å². The SMILES string of the molecule is COc1cc(-c2ccc(NC(=O)c3cc(-c4ccc(C)cc4)nc4ccccc34)c(OC)c2)ccc1NC(=O)c1cc(-c2ccc(C)cc2)nc2ccccc12. The van der Waals surface area contributed by atoms with E-state index in [4.69, 9.17) is 19.4 Å². The number of pyridine rings is 2. The van der Waals surface area contributed by atoms with Crippen molar-refractivity contribution >= 4 is 45.0 Å². The molecule has 0 saturated heterocycles. The number of carbonyl (C=O) groups is 2. The molecule has 2 heterocycles. The summed E-state index contributed by atoms with van der Waals surface area (Å²) < 4.78 is 11.6. The lowest BCUT2D eigenvalue weighted by atomic mass is 10.0. The molecule has 8 aromatic rings. The lowest BCUT2D eigenvalue weighted by molar-refractivity contribution is 0.102. The topological polar surface area (TPSA) is 102 Å². The smallest absolute Gasteiger partial charge is 0.256 e. The highest BCUT2D eigenvalue weighted by Crippen LogP contribution is 2.36. The zero-order valence-electron chi connectivity index (χ0n) is 31.4. The number of nitrogens with one attached hydrogen (secondary N) is 2. The Morgan fingerprint density at radius 2 is 0.839 bits per heavy atom. The molecule has 0 unspecified atom stereocenters. The highest BCUT2D eigenvalue weighted by molar-refractivity contribution is 6.14. The monoisotopic (exact) mass is 734 g/mol. The van der Waals surface area contributed by atoms with Crippen LogP contribution in [0.1, 0.15) is 31.8 Å². The molecule has 2 aromatic heterocycles. The zero-order valence-corrected chi connectivity index (χ0v) is 31.4. The second-order valence-electron chi connectivity index (χ2n) is 13.6. The normalized spacial score (nSPS) is 11.0. The van der Waals surface area contributed by atoms with Crippen LogP contribution >= 0.6 is 0 Å². The maximum absolute atomic E-state index is 13.9. The summed E-state index contributed by atoms with van der Waals surface area (Å²) in [6, 6.07) is 46.2. The van der Waals surface area contributed by atoms with Crippen molar-refractivity contribution in [2.45, 2.75) is 13.8 Å². The highest BCUT2D eigenvalue weighted by atomic mass is 16.5. The van der Waals surface area contributed by atoms with Crippen molar-refractivity contribution in [1.82, 2.24) is 9.97 Å². The van der Waals surface area contributed by atoms with Gasteiger partial charge in [-0.05, 0) is 73.5 Å². The van der Waals surface area contributed by atoms with Gasteiger partial charge in [0, 0.05) is 21.9 Å². The Kier molecular flexibility index (Phi) is 9.69. The van der Waals surface area contributed by atoms with Gasteiger partial charge in [0.05, 0.1) is 59.1 Å². The molecule has 6 aromatic carbocycles. The van der Waals surface area contributed by atoms with E-state index in [1.54, 1.807) is 14.2 Å². The lowest BCUT2D eigenvalue weighted by Gasteiger charge is -2.16. The minimum atomic E-state index is -0.280. The van der Waals surface area contributed by atoms with E-state index in [0.717, 1.165) is 55.2 Å². The number of benzene rings is 6. The summed E-state index contributed by atoms with van der Waals surface area (Å²) >= 11 is 0. The molecule has 0 saturated carbocycles. The van der Waals surface area contributed by atoms with Crippen molar-refractivity contribution in [3.05, 3.63) is 168 Å². The number of ether oxygens (including phenoxy) is 2. The fourth-order valence-electron chi connectivity index (χ4n) is 6.80. The first-order valence-corrected chi connectivity index (χ1v) is 18.2. The number of amides is 2. The Morgan fingerprint density at radius 1 is 0.464 bits per heavy atom. The third-order valence-corrected chi connectivity index (χ3v) is 9.85. The Bertz CT molecular complexity index is 2590. The van der Waals surface area contributed by atoms with Crippen LogP contribution in [-0.2, 0) is 0 Å². The van der Waals surface area contributed by atoms with Gasteiger partial charge in [-0.2, -0.15) is 0 Å². The predicted molar refractivity (Wildman–Crippen MR) is 225 cm³/mol. The van der Waals surface area contributed by atoms with Crippen LogP contribution in [0.2, 0.25) is 0 Å². The minimum Gasteiger partial charge on any atom is -0.495 e. The zero-order chi connectivity index (χ0) is 38.8. The van der Waals surface area contributed by atoms with Gasteiger partial charge in [0.25, 0.3) is 11.8 Å². The molecule has 0 aliphatic rings. The molecule has 274 valence electrons. The van der Waals surface area contributed by atoms with Crippen LogP contribution in [-0.4, -0.2) is 36.0 Å². The lowest BCUT2D eigenvalue weighted by Crippen LogP contribution is -2.14.